The zero-order valence-electron chi connectivity index (χ0n) is 11.9. The Labute approximate surface area is 107 Å². The predicted octanol–water partition coefficient (Wildman–Crippen LogP) is 3.01. The van der Waals surface area contributed by atoms with Crippen LogP contribution in [0.2, 0.25) is 0 Å². The van der Waals surface area contributed by atoms with Gasteiger partial charge in [0, 0.05) is 18.1 Å². The number of hydrogen-bond acceptors (Lipinski definition) is 2. The Bertz CT molecular complexity index is 239. The Morgan fingerprint density at radius 3 is 2.53 bits per heavy atom. The number of nitrogens with two attached hydrogens (primary N) is 1. The molecule has 0 aromatic carbocycles. The van der Waals surface area contributed by atoms with Crippen LogP contribution in [0.3, 0.4) is 0 Å². The van der Waals surface area contributed by atoms with Gasteiger partial charge in [0.2, 0.25) is 0 Å². The van der Waals surface area contributed by atoms with Gasteiger partial charge < -0.3 is 5.73 Å². The van der Waals surface area contributed by atoms with Crippen molar-refractivity contribution in [1.29, 1.82) is 0 Å². The van der Waals surface area contributed by atoms with Gasteiger partial charge in [0.25, 0.3) is 0 Å². The predicted molar refractivity (Wildman–Crippen MR) is 74.0 cm³/mol. The SMILES string of the molecule is CC1CCC(N2CCCCC2C(C)N)C(C)C1. The summed E-state index contributed by atoms with van der Waals surface area (Å²) in [5.74, 6) is 1.79. The van der Waals surface area contributed by atoms with Crippen LogP contribution in [0.25, 0.3) is 0 Å². The summed E-state index contributed by atoms with van der Waals surface area (Å²) >= 11 is 0. The Morgan fingerprint density at radius 2 is 1.88 bits per heavy atom. The summed E-state index contributed by atoms with van der Waals surface area (Å²) in [5, 5.41) is 0. The molecule has 1 saturated heterocycles. The number of hydrogen-bond donors (Lipinski definition) is 1. The monoisotopic (exact) mass is 238 g/mol. The Balaban J connectivity index is 2.03. The Morgan fingerprint density at radius 1 is 1.12 bits per heavy atom. The zero-order valence-corrected chi connectivity index (χ0v) is 11.9. The maximum atomic E-state index is 6.20. The number of rotatable bonds is 2. The van der Waals surface area contributed by atoms with Crippen LogP contribution in [0.1, 0.15) is 59.3 Å². The molecule has 0 spiro atoms. The molecule has 2 heteroatoms. The minimum atomic E-state index is 0.335. The first-order chi connectivity index (χ1) is 8.09. The first-order valence-corrected chi connectivity index (χ1v) is 7.61. The van der Waals surface area contributed by atoms with E-state index in [1.807, 2.05) is 0 Å². The average molecular weight is 238 g/mol. The third-order valence-electron chi connectivity index (χ3n) is 5.01. The number of nitrogens with zero attached hydrogens (tertiary/aromatic N) is 1. The van der Waals surface area contributed by atoms with Crippen molar-refractivity contribution in [3.63, 3.8) is 0 Å². The molecule has 2 fully saturated rings. The first kappa shape index (κ1) is 13.4. The highest BCUT2D eigenvalue weighted by Gasteiger charge is 2.35. The van der Waals surface area contributed by atoms with E-state index in [0.29, 0.717) is 12.1 Å². The highest BCUT2D eigenvalue weighted by Crippen LogP contribution is 2.35. The summed E-state index contributed by atoms with van der Waals surface area (Å²) in [5.41, 5.74) is 6.20. The summed E-state index contributed by atoms with van der Waals surface area (Å²) < 4.78 is 0. The molecule has 2 rings (SSSR count). The van der Waals surface area contributed by atoms with Crippen molar-refractivity contribution in [3.8, 4) is 0 Å². The maximum Gasteiger partial charge on any atom is 0.0247 e. The van der Waals surface area contributed by atoms with E-state index in [-0.39, 0.29) is 0 Å². The Hall–Kier alpha value is -0.0800. The fourth-order valence-electron chi connectivity index (χ4n) is 4.10. The van der Waals surface area contributed by atoms with E-state index in [0.717, 1.165) is 17.9 Å². The van der Waals surface area contributed by atoms with E-state index in [4.69, 9.17) is 5.73 Å². The van der Waals surface area contributed by atoms with Crippen molar-refractivity contribution in [2.45, 2.75) is 77.4 Å². The third kappa shape index (κ3) is 3.03. The molecule has 0 bridgehead atoms. The molecule has 100 valence electrons. The summed E-state index contributed by atoms with van der Waals surface area (Å²) in [6.45, 7) is 8.34. The quantitative estimate of drug-likeness (QED) is 0.801. The lowest BCUT2D eigenvalue weighted by Crippen LogP contribution is -2.56. The molecule has 0 aromatic rings. The van der Waals surface area contributed by atoms with Gasteiger partial charge in [-0.2, -0.15) is 0 Å². The molecule has 0 aromatic heterocycles. The molecule has 1 aliphatic heterocycles. The summed E-state index contributed by atoms with van der Waals surface area (Å²) in [6, 6.07) is 1.79. The van der Waals surface area contributed by atoms with Crippen LogP contribution in [-0.2, 0) is 0 Å². The van der Waals surface area contributed by atoms with Crippen LogP contribution >= 0.6 is 0 Å². The van der Waals surface area contributed by atoms with Crippen LogP contribution in [0, 0.1) is 11.8 Å². The van der Waals surface area contributed by atoms with Gasteiger partial charge in [-0.1, -0.05) is 20.3 Å². The van der Waals surface area contributed by atoms with Crippen molar-refractivity contribution in [3.05, 3.63) is 0 Å². The summed E-state index contributed by atoms with van der Waals surface area (Å²) in [4.78, 5) is 2.77. The largest absolute Gasteiger partial charge is 0.327 e. The molecule has 2 aliphatic rings. The second kappa shape index (κ2) is 5.71. The standard InChI is InChI=1S/C15H30N2/c1-11-7-8-14(12(2)10-11)17-9-5-4-6-15(17)13(3)16/h11-15H,4-10,16H2,1-3H3. The van der Waals surface area contributed by atoms with E-state index < -0.39 is 0 Å². The van der Waals surface area contributed by atoms with Gasteiger partial charge in [0.15, 0.2) is 0 Å². The Kier molecular flexibility index (Phi) is 4.48. The zero-order chi connectivity index (χ0) is 12.4. The number of likely N-dealkylation sites (tertiary alicyclic amines) is 1. The van der Waals surface area contributed by atoms with E-state index >= 15 is 0 Å². The van der Waals surface area contributed by atoms with Crippen LogP contribution in [0.5, 0.6) is 0 Å². The molecule has 1 saturated carbocycles. The lowest BCUT2D eigenvalue weighted by molar-refractivity contribution is 0.0254. The fourth-order valence-corrected chi connectivity index (χ4v) is 4.10. The molecule has 2 nitrogen and oxygen atoms in total. The third-order valence-corrected chi connectivity index (χ3v) is 5.01. The molecule has 1 aliphatic carbocycles. The van der Waals surface area contributed by atoms with Gasteiger partial charge in [0.05, 0.1) is 0 Å². The van der Waals surface area contributed by atoms with Crippen LogP contribution in [0.4, 0.5) is 0 Å². The molecule has 17 heavy (non-hydrogen) atoms. The van der Waals surface area contributed by atoms with E-state index in [1.165, 1.54) is 45.1 Å². The average Bonchev–Trinajstić information content (AvgIpc) is 2.29. The van der Waals surface area contributed by atoms with Crippen LogP contribution in [-0.4, -0.2) is 29.6 Å². The smallest absolute Gasteiger partial charge is 0.0247 e. The van der Waals surface area contributed by atoms with Gasteiger partial charge in [0.1, 0.15) is 0 Å². The van der Waals surface area contributed by atoms with Gasteiger partial charge in [-0.15, -0.1) is 0 Å². The van der Waals surface area contributed by atoms with Gasteiger partial charge >= 0.3 is 0 Å². The highest BCUT2D eigenvalue weighted by molar-refractivity contribution is 4.91. The fraction of sp³-hybridized carbons (Fsp3) is 1.00. The molecule has 0 amide bonds. The molecule has 2 N–H and O–H groups in total. The van der Waals surface area contributed by atoms with Crippen LogP contribution < -0.4 is 5.73 Å². The number of piperidine rings is 1. The normalized spacial score (nSPS) is 42.4. The van der Waals surface area contributed by atoms with Crippen molar-refractivity contribution in [2.24, 2.45) is 17.6 Å². The van der Waals surface area contributed by atoms with Crippen molar-refractivity contribution in [2.75, 3.05) is 6.54 Å². The van der Waals surface area contributed by atoms with Crippen LogP contribution in [0.15, 0.2) is 0 Å². The lowest BCUT2D eigenvalue weighted by Gasteiger charge is -2.47. The molecular formula is C15H30N2. The van der Waals surface area contributed by atoms with Gasteiger partial charge in [-0.3, -0.25) is 4.90 Å². The van der Waals surface area contributed by atoms with Gasteiger partial charge in [-0.25, -0.2) is 0 Å². The second-order valence-electron chi connectivity index (χ2n) is 6.62. The van der Waals surface area contributed by atoms with Crippen molar-refractivity contribution >= 4 is 0 Å². The minimum absolute atomic E-state index is 0.335. The van der Waals surface area contributed by atoms with Crippen molar-refractivity contribution in [1.82, 2.24) is 4.90 Å². The summed E-state index contributed by atoms with van der Waals surface area (Å²) in [6.07, 6.45) is 8.29. The van der Waals surface area contributed by atoms with E-state index in [2.05, 4.69) is 25.7 Å². The summed E-state index contributed by atoms with van der Waals surface area (Å²) in [7, 11) is 0. The lowest BCUT2D eigenvalue weighted by atomic mass is 9.77. The maximum absolute atomic E-state index is 6.20. The van der Waals surface area contributed by atoms with E-state index in [1.54, 1.807) is 0 Å². The molecule has 5 unspecified atom stereocenters. The molecule has 5 atom stereocenters. The topological polar surface area (TPSA) is 29.3 Å². The van der Waals surface area contributed by atoms with Crippen molar-refractivity contribution < 1.29 is 0 Å². The molecule has 0 radical (unpaired) electrons. The van der Waals surface area contributed by atoms with Gasteiger partial charge in [-0.05, 0) is 57.4 Å². The first-order valence-electron chi connectivity index (χ1n) is 7.61. The van der Waals surface area contributed by atoms with E-state index in [9.17, 15) is 0 Å². The minimum Gasteiger partial charge on any atom is -0.327 e. The molecular weight excluding hydrogens is 208 g/mol. The highest BCUT2D eigenvalue weighted by atomic mass is 15.2. The molecule has 1 heterocycles. The second-order valence-corrected chi connectivity index (χ2v) is 6.62.